The molecule has 8 heteroatoms. The first-order valence-corrected chi connectivity index (χ1v) is 12.8. The van der Waals surface area contributed by atoms with Gasteiger partial charge in [-0.2, -0.15) is 0 Å². The number of allylic oxidation sites excluding steroid dienone is 1. The van der Waals surface area contributed by atoms with Gasteiger partial charge in [0.1, 0.15) is 0 Å². The molecule has 0 heterocycles. The van der Waals surface area contributed by atoms with Crippen LogP contribution in [-0.2, 0) is 19.2 Å². The largest absolute Gasteiger partial charge is 0.481 e. The van der Waals surface area contributed by atoms with Crippen LogP contribution in [0.1, 0.15) is 72.1 Å². The predicted molar refractivity (Wildman–Crippen MR) is 122 cm³/mol. The first-order valence-electron chi connectivity index (χ1n) is 11.9. The molecule has 2 unspecified atom stereocenters. The Balaban J connectivity index is 1.78. The number of aliphatic hydroxyl groups is 1. The van der Waals surface area contributed by atoms with Crippen molar-refractivity contribution >= 4 is 34.6 Å². The Hall–Kier alpha value is -1.67. The van der Waals surface area contributed by atoms with Gasteiger partial charge in [-0.15, -0.1) is 0 Å². The topological polar surface area (TPSA) is 129 Å². The van der Waals surface area contributed by atoms with Gasteiger partial charge in [-0.25, -0.2) is 0 Å². The lowest BCUT2D eigenvalue weighted by molar-refractivity contribution is -0.160. The summed E-state index contributed by atoms with van der Waals surface area (Å²) >= 11 is 1.28. The normalized spacial score (nSPS) is 44.3. The van der Waals surface area contributed by atoms with E-state index in [9.17, 15) is 34.5 Å². The smallest absolute Gasteiger partial charge is 0.307 e. The lowest BCUT2D eigenvalue weighted by Gasteiger charge is -2.62. The van der Waals surface area contributed by atoms with Gasteiger partial charge in [0.25, 0.3) is 0 Å². The van der Waals surface area contributed by atoms with E-state index in [-0.39, 0.29) is 53.2 Å². The minimum absolute atomic E-state index is 0.00639. The number of hydrogen-bond donors (Lipinski definition) is 3. The number of carboxylic acid groups (broad SMARTS) is 2. The number of hydrogen-bond acceptors (Lipinski definition) is 6. The Morgan fingerprint density at radius 3 is 2.36 bits per heavy atom. The molecule has 8 atom stereocenters. The van der Waals surface area contributed by atoms with Crippen LogP contribution in [0.5, 0.6) is 0 Å². The minimum Gasteiger partial charge on any atom is -0.481 e. The van der Waals surface area contributed by atoms with Crippen LogP contribution in [0.3, 0.4) is 0 Å². The van der Waals surface area contributed by atoms with Gasteiger partial charge in [-0.3, -0.25) is 19.2 Å². The molecule has 3 fully saturated rings. The van der Waals surface area contributed by atoms with E-state index < -0.39 is 34.3 Å². The fourth-order valence-corrected chi connectivity index (χ4v) is 9.33. The molecule has 0 aromatic carbocycles. The van der Waals surface area contributed by atoms with Gasteiger partial charge in [0.05, 0.1) is 11.5 Å². The summed E-state index contributed by atoms with van der Waals surface area (Å²) in [6, 6.07) is 0. The molecule has 0 saturated heterocycles. The van der Waals surface area contributed by atoms with Gasteiger partial charge in [0.2, 0.25) is 0 Å². The zero-order valence-corrected chi connectivity index (χ0v) is 20.3. The van der Waals surface area contributed by atoms with Crippen molar-refractivity contribution < 1.29 is 34.5 Å². The monoisotopic (exact) mass is 478 g/mol. The highest BCUT2D eigenvalue weighted by Crippen LogP contribution is 2.70. The molecule has 182 valence electrons. The summed E-state index contributed by atoms with van der Waals surface area (Å²) in [5, 5.41) is 30.8. The third kappa shape index (κ3) is 3.68. The number of rotatable bonds is 5. The Labute approximate surface area is 198 Å². The van der Waals surface area contributed by atoms with Crippen molar-refractivity contribution in [3.05, 3.63) is 11.6 Å². The second-order valence-electron chi connectivity index (χ2n) is 11.1. The molecule has 4 aliphatic rings. The summed E-state index contributed by atoms with van der Waals surface area (Å²) in [6.07, 6.45) is 4.85. The van der Waals surface area contributed by atoms with Gasteiger partial charge < -0.3 is 15.3 Å². The maximum absolute atomic E-state index is 12.4. The summed E-state index contributed by atoms with van der Waals surface area (Å²) in [5.41, 5.74) is -1.38. The van der Waals surface area contributed by atoms with E-state index in [2.05, 4.69) is 6.92 Å². The molecule has 0 radical (unpaired) electrons. The van der Waals surface area contributed by atoms with Crippen molar-refractivity contribution in [1.82, 2.24) is 0 Å². The van der Waals surface area contributed by atoms with Crippen molar-refractivity contribution in [1.29, 1.82) is 0 Å². The van der Waals surface area contributed by atoms with Crippen LogP contribution in [0.15, 0.2) is 11.6 Å². The number of thioether (sulfide) groups is 1. The first-order chi connectivity index (χ1) is 15.3. The highest BCUT2D eigenvalue weighted by Gasteiger charge is 2.67. The lowest BCUT2D eigenvalue weighted by atomic mass is 9.44. The zero-order valence-electron chi connectivity index (χ0n) is 19.5. The van der Waals surface area contributed by atoms with Crippen molar-refractivity contribution in [3.63, 3.8) is 0 Å². The number of carbonyl (C=O) groups excluding carboxylic acids is 2. The van der Waals surface area contributed by atoms with Gasteiger partial charge in [-0.1, -0.05) is 31.2 Å². The SMILES string of the molecule is CC(=O)SC1CC2=CC(=O)CC(C(=O)O)[C@]2(C)[C@H]2CC[C@@]3(C)[C@@H](CC[C@]3(O)CCC(=O)O)[C@H]12. The molecule has 0 aliphatic heterocycles. The van der Waals surface area contributed by atoms with E-state index in [1.807, 2.05) is 6.92 Å². The van der Waals surface area contributed by atoms with Crippen LogP contribution >= 0.6 is 11.8 Å². The maximum atomic E-state index is 12.4. The number of ketones is 1. The Morgan fingerprint density at radius 2 is 1.76 bits per heavy atom. The molecule has 0 amide bonds. The van der Waals surface area contributed by atoms with E-state index in [1.165, 1.54) is 18.7 Å². The van der Waals surface area contributed by atoms with Gasteiger partial charge in [-0.05, 0) is 67.8 Å². The second kappa shape index (κ2) is 8.22. The number of carboxylic acids is 2. The molecule has 0 aromatic heterocycles. The van der Waals surface area contributed by atoms with E-state index in [4.69, 9.17) is 0 Å². The summed E-state index contributed by atoms with van der Waals surface area (Å²) in [4.78, 5) is 48.2. The van der Waals surface area contributed by atoms with E-state index >= 15 is 0 Å². The summed E-state index contributed by atoms with van der Waals surface area (Å²) < 4.78 is 0. The van der Waals surface area contributed by atoms with Crippen LogP contribution in [-0.4, -0.2) is 49.0 Å². The summed E-state index contributed by atoms with van der Waals surface area (Å²) in [5.74, 6) is -2.76. The van der Waals surface area contributed by atoms with Crippen molar-refractivity contribution in [2.45, 2.75) is 83.0 Å². The highest BCUT2D eigenvalue weighted by atomic mass is 32.2. The number of carbonyl (C=O) groups is 4. The predicted octanol–water partition coefficient (Wildman–Crippen LogP) is 3.68. The molecule has 0 bridgehead atoms. The standard InChI is InChI=1S/C25H34O7S/c1-13(26)33-19-11-14-10-15(27)12-18(22(30)31)24(14,3)17-4-7-23(2)16(21(17)19)5-8-25(23,32)9-6-20(28)29/h10,16-19,21,32H,4-9,11-12H2,1-3H3,(H,28,29)(H,30,31)/t16-,17-,18?,19?,21-,23-,24-,25-/m0/s1. The van der Waals surface area contributed by atoms with E-state index in [0.717, 1.165) is 12.0 Å². The van der Waals surface area contributed by atoms with Gasteiger partial charge >= 0.3 is 11.9 Å². The minimum atomic E-state index is -1.09. The average Bonchev–Trinajstić information content (AvgIpc) is 2.98. The van der Waals surface area contributed by atoms with Gasteiger partial charge in [0, 0.05) is 30.4 Å². The number of fused-ring (bicyclic) bond motifs is 5. The Morgan fingerprint density at radius 1 is 1.09 bits per heavy atom. The molecule has 7 nitrogen and oxygen atoms in total. The molecule has 3 N–H and O–H groups in total. The molecule has 4 rings (SSSR count). The average molecular weight is 479 g/mol. The quantitative estimate of drug-likeness (QED) is 0.546. The van der Waals surface area contributed by atoms with Crippen molar-refractivity contribution in [2.75, 3.05) is 0 Å². The molecule has 3 saturated carbocycles. The maximum Gasteiger partial charge on any atom is 0.307 e. The molecule has 4 aliphatic carbocycles. The van der Waals surface area contributed by atoms with E-state index in [1.54, 1.807) is 6.08 Å². The van der Waals surface area contributed by atoms with E-state index in [0.29, 0.717) is 25.7 Å². The van der Waals surface area contributed by atoms with Crippen LogP contribution in [0.2, 0.25) is 0 Å². The van der Waals surface area contributed by atoms with Crippen molar-refractivity contribution in [2.24, 2.45) is 34.5 Å². The summed E-state index contributed by atoms with van der Waals surface area (Å²) in [6.45, 7) is 5.59. The first kappa shape index (κ1) is 24.5. The van der Waals surface area contributed by atoms with Crippen LogP contribution in [0.25, 0.3) is 0 Å². The second-order valence-corrected chi connectivity index (χ2v) is 12.5. The Kier molecular flexibility index (Phi) is 6.09. The fraction of sp³-hybridized carbons (Fsp3) is 0.760. The number of aliphatic carboxylic acids is 2. The molecular formula is C25H34O7S. The van der Waals surface area contributed by atoms with Crippen LogP contribution in [0, 0.1) is 34.5 Å². The van der Waals surface area contributed by atoms with Crippen molar-refractivity contribution in [3.8, 4) is 0 Å². The molecule has 0 spiro atoms. The third-order valence-corrected chi connectivity index (χ3v) is 10.9. The third-order valence-electron chi connectivity index (χ3n) is 9.80. The molecular weight excluding hydrogens is 444 g/mol. The fourth-order valence-electron chi connectivity index (χ4n) is 8.10. The highest BCUT2D eigenvalue weighted by molar-refractivity contribution is 8.14. The van der Waals surface area contributed by atoms with Crippen LogP contribution in [0.4, 0.5) is 0 Å². The molecule has 0 aromatic rings. The molecule has 33 heavy (non-hydrogen) atoms. The van der Waals surface area contributed by atoms with Gasteiger partial charge in [0.15, 0.2) is 10.9 Å². The summed E-state index contributed by atoms with van der Waals surface area (Å²) in [7, 11) is 0. The lowest BCUT2D eigenvalue weighted by Crippen LogP contribution is -2.60. The zero-order chi connectivity index (χ0) is 24.3. The van der Waals surface area contributed by atoms with Crippen LogP contribution < -0.4 is 0 Å². The Bertz CT molecular complexity index is 928.